The first-order chi connectivity index (χ1) is 10.6. The van der Waals surface area contributed by atoms with Crippen molar-refractivity contribution in [2.24, 2.45) is 10.2 Å². The van der Waals surface area contributed by atoms with Gasteiger partial charge < -0.3 is 9.84 Å². The zero-order chi connectivity index (χ0) is 15.9. The second-order valence-corrected chi connectivity index (χ2v) is 5.17. The van der Waals surface area contributed by atoms with Crippen LogP contribution in [0.1, 0.15) is 11.1 Å². The molecule has 0 aliphatic carbocycles. The van der Waals surface area contributed by atoms with E-state index in [9.17, 15) is 9.59 Å². The van der Waals surface area contributed by atoms with E-state index in [0.29, 0.717) is 0 Å². The number of hydrogen-bond acceptors (Lipinski definition) is 7. The molecule has 0 aromatic heterocycles. The normalized spacial score (nSPS) is 18.2. The number of ether oxygens (including phenoxy) is 1. The lowest BCUT2D eigenvalue weighted by Gasteiger charge is -1.95. The number of carbonyl (C=O) groups excluding carboxylic acids is 2. The summed E-state index contributed by atoms with van der Waals surface area (Å²) in [7, 11) is 1.23. The van der Waals surface area contributed by atoms with Crippen molar-refractivity contribution in [3.8, 4) is 0 Å². The number of nitrogens with one attached hydrogen (secondary N) is 1. The largest absolute Gasteiger partial charge is 0.466 e. The van der Waals surface area contributed by atoms with E-state index in [2.05, 4.69) is 20.3 Å². The number of aliphatic hydroxyl groups excluding tert-OH is 1. The number of benzene rings is 1. The van der Waals surface area contributed by atoms with Crippen LogP contribution < -0.4 is 5.32 Å². The summed E-state index contributed by atoms with van der Waals surface area (Å²) in [5.41, 5.74) is 1.61. The number of amidine groups is 1. The van der Waals surface area contributed by atoms with Crippen molar-refractivity contribution >= 4 is 35.0 Å². The molecule has 0 unspecified atom stereocenters. The van der Waals surface area contributed by atoms with Crippen LogP contribution in [-0.2, 0) is 20.9 Å². The van der Waals surface area contributed by atoms with Gasteiger partial charge in [0.15, 0.2) is 5.17 Å². The van der Waals surface area contributed by atoms with Crippen LogP contribution >= 0.6 is 11.8 Å². The van der Waals surface area contributed by atoms with E-state index in [0.717, 1.165) is 29.0 Å². The van der Waals surface area contributed by atoms with Crippen molar-refractivity contribution in [1.82, 2.24) is 5.32 Å². The van der Waals surface area contributed by atoms with Gasteiger partial charge in [-0.25, -0.2) is 4.79 Å². The fraction of sp³-hybridized carbons (Fsp3) is 0.143. The predicted octanol–water partition coefficient (Wildman–Crippen LogP) is 0.789. The summed E-state index contributed by atoms with van der Waals surface area (Å²) in [6, 6.07) is 7.13. The zero-order valence-corrected chi connectivity index (χ0v) is 12.5. The highest BCUT2D eigenvalue weighted by Gasteiger charge is 2.24. The number of hydrogen-bond donors (Lipinski definition) is 2. The number of carbonyl (C=O) groups is 2. The van der Waals surface area contributed by atoms with Crippen LogP contribution in [-0.4, -0.2) is 35.5 Å². The molecule has 22 heavy (non-hydrogen) atoms. The molecule has 0 atom stereocenters. The Morgan fingerprint density at radius 2 is 2.14 bits per heavy atom. The Morgan fingerprint density at radius 1 is 1.41 bits per heavy atom. The number of amides is 1. The summed E-state index contributed by atoms with van der Waals surface area (Å²) >= 11 is 1.01. The molecule has 1 heterocycles. The molecule has 0 bridgehead atoms. The molecule has 8 heteroatoms. The minimum absolute atomic E-state index is 0.0162. The molecule has 2 rings (SSSR count). The van der Waals surface area contributed by atoms with Gasteiger partial charge in [-0.3, -0.25) is 10.1 Å². The van der Waals surface area contributed by atoms with E-state index in [-0.39, 0.29) is 16.7 Å². The lowest BCUT2D eigenvalue weighted by atomic mass is 10.2. The third-order valence-electron chi connectivity index (χ3n) is 2.62. The number of esters is 1. The summed E-state index contributed by atoms with van der Waals surface area (Å²) in [4.78, 5) is 22.9. The van der Waals surface area contributed by atoms with Crippen molar-refractivity contribution in [2.75, 3.05) is 7.11 Å². The molecule has 1 aromatic rings. The Morgan fingerprint density at radius 3 is 2.77 bits per heavy atom. The Kier molecular flexibility index (Phi) is 5.45. The molecule has 0 spiro atoms. The monoisotopic (exact) mass is 319 g/mol. The third kappa shape index (κ3) is 4.27. The lowest BCUT2D eigenvalue weighted by Crippen LogP contribution is -2.19. The molecule has 1 aromatic carbocycles. The van der Waals surface area contributed by atoms with Gasteiger partial charge in [0, 0.05) is 6.08 Å². The van der Waals surface area contributed by atoms with Gasteiger partial charge in [0.2, 0.25) is 0 Å². The highest BCUT2D eigenvalue weighted by Crippen LogP contribution is 2.23. The molecule has 2 N–H and O–H groups in total. The first kappa shape index (κ1) is 15.9. The smallest absolute Gasteiger partial charge is 0.331 e. The second-order valence-electron chi connectivity index (χ2n) is 4.14. The molecule has 114 valence electrons. The molecule has 1 amide bonds. The Balaban J connectivity index is 2.01. The van der Waals surface area contributed by atoms with Gasteiger partial charge in [-0.1, -0.05) is 24.3 Å². The van der Waals surface area contributed by atoms with E-state index in [1.807, 2.05) is 0 Å². The number of nitrogens with zero attached hydrogens (tertiary/aromatic N) is 2. The second kappa shape index (κ2) is 7.53. The van der Waals surface area contributed by atoms with Crippen molar-refractivity contribution in [3.05, 3.63) is 46.4 Å². The van der Waals surface area contributed by atoms with Gasteiger partial charge >= 0.3 is 5.97 Å². The Hall–Kier alpha value is -2.45. The number of thioether (sulfide) groups is 1. The maximum Gasteiger partial charge on any atom is 0.331 e. The Bertz CT molecular complexity index is 665. The molecule has 0 radical (unpaired) electrons. The first-order valence-corrected chi connectivity index (χ1v) is 7.03. The van der Waals surface area contributed by atoms with Crippen LogP contribution in [0.5, 0.6) is 0 Å². The number of methoxy groups -OCH3 is 1. The molecule has 1 aliphatic heterocycles. The Labute approximate surface area is 130 Å². The van der Waals surface area contributed by atoms with Crippen molar-refractivity contribution in [3.63, 3.8) is 0 Å². The summed E-state index contributed by atoms with van der Waals surface area (Å²) in [5, 5.41) is 19.4. The maximum absolute atomic E-state index is 11.6. The van der Waals surface area contributed by atoms with Crippen LogP contribution in [0.25, 0.3) is 0 Å². The molecule has 0 saturated carbocycles. The van der Waals surface area contributed by atoms with Crippen molar-refractivity contribution in [1.29, 1.82) is 0 Å². The van der Waals surface area contributed by atoms with Gasteiger partial charge in [-0.2, -0.15) is 5.10 Å². The average Bonchev–Trinajstić information content (AvgIpc) is 2.87. The van der Waals surface area contributed by atoms with Gasteiger partial charge in [0.25, 0.3) is 5.91 Å². The molecule has 7 nitrogen and oxygen atoms in total. The van der Waals surface area contributed by atoms with Gasteiger partial charge in [0.05, 0.1) is 24.8 Å². The predicted molar refractivity (Wildman–Crippen MR) is 83.2 cm³/mol. The van der Waals surface area contributed by atoms with Gasteiger partial charge in [-0.05, 0) is 22.9 Å². The van der Waals surface area contributed by atoms with E-state index < -0.39 is 11.9 Å². The third-order valence-corrected chi connectivity index (χ3v) is 3.52. The molecule has 1 aliphatic rings. The topological polar surface area (TPSA) is 100 Å². The van der Waals surface area contributed by atoms with Crippen LogP contribution in [0, 0.1) is 0 Å². The fourth-order valence-corrected chi connectivity index (χ4v) is 2.24. The summed E-state index contributed by atoms with van der Waals surface area (Å²) in [6.07, 6.45) is 2.61. The van der Waals surface area contributed by atoms with Crippen molar-refractivity contribution < 1.29 is 19.4 Å². The lowest BCUT2D eigenvalue weighted by molar-refractivity contribution is -0.135. The minimum Gasteiger partial charge on any atom is -0.466 e. The van der Waals surface area contributed by atoms with Crippen LogP contribution in [0.4, 0.5) is 0 Å². The molecule has 1 fully saturated rings. The van der Waals surface area contributed by atoms with E-state index in [1.54, 1.807) is 24.3 Å². The SMILES string of the molecule is COC(=O)/C=C1/S/C(=N\N=Cc2ccc(CO)cc2)NC1=O. The molecular formula is C14H13N3O4S. The number of rotatable bonds is 4. The van der Waals surface area contributed by atoms with Crippen molar-refractivity contribution in [2.45, 2.75) is 6.61 Å². The number of aliphatic hydroxyl groups is 1. The fourth-order valence-electron chi connectivity index (χ4n) is 1.50. The highest BCUT2D eigenvalue weighted by molar-refractivity contribution is 8.18. The summed E-state index contributed by atoms with van der Waals surface area (Å²) < 4.78 is 4.46. The van der Waals surface area contributed by atoms with Crippen LogP contribution in [0.15, 0.2) is 45.4 Å². The summed E-state index contributed by atoms with van der Waals surface area (Å²) in [6.45, 7) is -0.0162. The summed E-state index contributed by atoms with van der Waals surface area (Å²) in [5.74, 6) is -1.02. The maximum atomic E-state index is 11.6. The highest BCUT2D eigenvalue weighted by atomic mass is 32.2. The average molecular weight is 319 g/mol. The van der Waals surface area contributed by atoms with E-state index in [4.69, 9.17) is 5.11 Å². The first-order valence-electron chi connectivity index (χ1n) is 6.22. The van der Waals surface area contributed by atoms with Crippen LogP contribution in [0.3, 0.4) is 0 Å². The standard InChI is InChI=1S/C14H13N3O4S/c1-21-12(19)6-11-13(20)16-14(22-11)17-15-7-9-2-4-10(8-18)5-3-9/h2-7,18H,8H2,1H3,(H,16,17,20)/b11-6+,15-7?. The van der Waals surface area contributed by atoms with Crippen LogP contribution in [0.2, 0.25) is 0 Å². The quantitative estimate of drug-likeness (QED) is 0.370. The van der Waals surface area contributed by atoms with E-state index in [1.165, 1.54) is 13.3 Å². The molecule has 1 saturated heterocycles. The minimum atomic E-state index is -0.605. The zero-order valence-electron chi connectivity index (χ0n) is 11.6. The van der Waals surface area contributed by atoms with Gasteiger partial charge in [-0.15, -0.1) is 5.10 Å². The van der Waals surface area contributed by atoms with E-state index >= 15 is 0 Å². The molecular weight excluding hydrogens is 306 g/mol. The van der Waals surface area contributed by atoms with Gasteiger partial charge in [0.1, 0.15) is 0 Å².